The average molecular weight is 303 g/mol. The largest absolute Gasteiger partial charge is 0.395 e. The SMILES string of the molecule is CCCC[O][Ti](=[O])[OH].OCCN(CCO)CCO. The summed E-state index contributed by atoms with van der Waals surface area (Å²) in [6, 6.07) is 0. The van der Waals surface area contributed by atoms with Gasteiger partial charge >= 0.3 is 55.3 Å². The van der Waals surface area contributed by atoms with Crippen molar-refractivity contribution in [1.29, 1.82) is 0 Å². The predicted octanol–water partition coefficient (Wildman–Crippen LogP) is -1.15. The van der Waals surface area contributed by atoms with Crippen LogP contribution in [0.25, 0.3) is 0 Å². The van der Waals surface area contributed by atoms with Crippen molar-refractivity contribution in [3.05, 3.63) is 0 Å². The van der Waals surface area contributed by atoms with Crippen molar-refractivity contribution in [3.63, 3.8) is 0 Å². The quantitative estimate of drug-likeness (QED) is 0.298. The number of aliphatic hydroxyl groups excluding tert-OH is 3. The first-order valence-electron chi connectivity index (χ1n) is 6.03. The minimum absolute atomic E-state index is 0.0694. The molecule has 0 aliphatic heterocycles. The second-order valence-corrected chi connectivity index (χ2v) is 4.76. The number of hydrogen-bond acceptors (Lipinski definition) is 6. The maximum Gasteiger partial charge on any atom is 0.0558 e. The molecule has 0 bridgehead atoms. The molecule has 0 unspecified atom stereocenters. The van der Waals surface area contributed by atoms with E-state index in [4.69, 9.17) is 19.0 Å². The molecule has 110 valence electrons. The summed E-state index contributed by atoms with van der Waals surface area (Å²) >= 11 is -3.17. The fourth-order valence-electron chi connectivity index (χ4n) is 1.06. The molecule has 0 amide bonds. The molecule has 0 aliphatic rings. The van der Waals surface area contributed by atoms with Crippen molar-refractivity contribution < 1.29 is 44.3 Å². The number of nitrogens with zero attached hydrogens (tertiary/aromatic N) is 1. The van der Waals surface area contributed by atoms with E-state index < -0.39 is 18.6 Å². The summed E-state index contributed by atoms with van der Waals surface area (Å²) in [5.41, 5.74) is 0. The van der Waals surface area contributed by atoms with Crippen molar-refractivity contribution in [2.75, 3.05) is 46.1 Å². The Hall–Kier alpha value is 0.274. The Morgan fingerprint density at radius 2 is 1.50 bits per heavy atom. The van der Waals surface area contributed by atoms with E-state index in [0.717, 1.165) is 12.8 Å². The summed E-state index contributed by atoms with van der Waals surface area (Å²) in [7, 11) is 0. The van der Waals surface area contributed by atoms with Gasteiger partial charge in [0.25, 0.3) is 0 Å². The standard InChI is InChI=1S/C6H15NO3.C4H9O.H2O.O.Ti/c8-4-1-7(2-5-9)3-6-10;1-2-3-4-5;;;/h8-10H,1-6H2;2-4H2,1H3;1H2;;/q;-1;;;+2/p-1. The number of unbranched alkanes of at least 4 members (excludes halogenated alkanes) is 1. The van der Waals surface area contributed by atoms with Crippen molar-refractivity contribution >= 4 is 0 Å². The fraction of sp³-hybridized carbons (Fsp3) is 1.00. The Morgan fingerprint density at radius 3 is 1.78 bits per heavy atom. The molecule has 8 heteroatoms. The Bertz CT molecular complexity index is 169. The Balaban J connectivity index is 0. The first-order valence-corrected chi connectivity index (χ1v) is 8.00. The van der Waals surface area contributed by atoms with Gasteiger partial charge in [-0.3, -0.25) is 4.90 Å². The van der Waals surface area contributed by atoms with Gasteiger partial charge in [-0.2, -0.15) is 0 Å². The molecule has 0 rings (SSSR count). The van der Waals surface area contributed by atoms with E-state index >= 15 is 0 Å². The van der Waals surface area contributed by atoms with Gasteiger partial charge in [-0.25, -0.2) is 0 Å². The van der Waals surface area contributed by atoms with Crippen LogP contribution in [0.15, 0.2) is 0 Å². The maximum absolute atomic E-state index is 9.90. The van der Waals surface area contributed by atoms with Crippen LogP contribution >= 0.6 is 0 Å². The Morgan fingerprint density at radius 1 is 1.06 bits per heavy atom. The van der Waals surface area contributed by atoms with E-state index in [2.05, 4.69) is 3.32 Å². The van der Waals surface area contributed by atoms with Gasteiger partial charge in [0.2, 0.25) is 0 Å². The van der Waals surface area contributed by atoms with Crippen LogP contribution in [0, 0.1) is 0 Å². The zero-order chi connectivity index (χ0) is 14.2. The van der Waals surface area contributed by atoms with Crippen LogP contribution in [0.4, 0.5) is 0 Å². The summed E-state index contributed by atoms with van der Waals surface area (Å²) in [4.78, 5) is 1.79. The zero-order valence-corrected chi connectivity index (χ0v) is 12.5. The van der Waals surface area contributed by atoms with E-state index in [1.807, 2.05) is 6.92 Å². The molecule has 0 aromatic rings. The topological polar surface area (TPSA) is 110 Å². The predicted molar refractivity (Wildman–Crippen MR) is 61.5 cm³/mol. The average Bonchev–Trinajstić information content (AvgIpc) is 2.31. The minimum Gasteiger partial charge on any atom is -0.395 e. The minimum atomic E-state index is -3.17. The van der Waals surface area contributed by atoms with Crippen LogP contribution in [0.1, 0.15) is 19.8 Å². The summed E-state index contributed by atoms with van der Waals surface area (Å²) in [6.45, 7) is 4.19. The van der Waals surface area contributed by atoms with Crippen LogP contribution < -0.4 is 0 Å². The molecular weight excluding hydrogens is 278 g/mol. The molecule has 0 radical (unpaired) electrons. The first kappa shape index (κ1) is 20.6. The smallest absolute Gasteiger partial charge is 0.0558 e. The summed E-state index contributed by atoms with van der Waals surface area (Å²) in [5, 5.41) is 25.5. The summed E-state index contributed by atoms with van der Waals surface area (Å²) in [5.74, 6) is 0. The van der Waals surface area contributed by atoms with Gasteiger partial charge in [0.15, 0.2) is 0 Å². The monoisotopic (exact) mass is 303 g/mol. The molecule has 0 aliphatic carbocycles. The van der Waals surface area contributed by atoms with E-state index in [-0.39, 0.29) is 19.8 Å². The molecule has 0 atom stereocenters. The van der Waals surface area contributed by atoms with Gasteiger partial charge in [0.1, 0.15) is 0 Å². The third kappa shape index (κ3) is 18.6. The summed E-state index contributed by atoms with van der Waals surface area (Å²) < 4.78 is 22.5. The fourth-order valence-corrected chi connectivity index (χ4v) is 1.56. The van der Waals surface area contributed by atoms with Crippen LogP contribution in [0.3, 0.4) is 0 Å². The van der Waals surface area contributed by atoms with Crippen molar-refractivity contribution in [2.45, 2.75) is 19.8 Å². The molecule has 0 saturated heterocycles. The molecule has 0 saturated carbocycles. The van der Waals surface area contributed by atoms with Gasteiger partial charge in [-0.05, 0) is 0 Å². The molecule has 0 spiro atoms. The van der Waals surface area contributed by atoms with Gasteiger partial charge in [0, 0.05) is 19.6 Å². The molecular formula is C10H25NO6Ti. The van der Waals surface area contributed by atoms with E-state index in [0.29, 0.717) is 26.2 Å². The molecule has 7 nitrogen and oxygen atoms in total. The van der Waals surface area contributed by atoms with Gasteiger partial charge < -0.3 is 15.3 Å². The Kier molecular flexibility index (Phi) is 19.8. The van der Waals surface area contributed by atoms with Crippen LogP contribution in [0.5, 0.6) is 0 Å². The second-order valence-electron chi connectivity index (χ2n) is 3.48. The zero-order valence-electron chi connectivity index (χ0n) is 10.9. The number of rotatable bonds is 10. The molecule has 18 heavy (non-hydrogen) atoms. The maximum atomic E-state index is 9.90. The molecule has 4 N–H and O–H groups in total. The van der Waals surface area contributed by atoms with Crippen molar-refractivity contribution in [1.82, 2.24) is 4.90 Å². The van der Waals surface area contributed by atoms with Gasteiger partial charge in [-0.15, -0.1) is 0 Å². The molecule has 0 aromatic carbocycles. The van der Waals surface area contributed by atoms with Gasteiger partial charge in [-0.1, -0.05) is 0 Å². The van der Waals surface area contributed by atoms with Gasteiger partial charge in [0.05, 0.1) is 19.8 Å². The molecule has 0 heterocycles. The number of hydrogen-bond donors (Lipinski definition) is 4. The van der Waals surface area contributed by atoms with E-state index in [9.17, 15) is 3.32 Å². The van der Waals surface area contributed by atoms with Crippen molar-refractivity contribution in [2.24, 2.45) is 0 Å². The first-order chi connectivity index (χ1) is 8.62. The van der Waals surface area contributed by atoms with Crippen LogP contribution in [0.2, 0.25) is 0 Å². The normalized spacial score (nSPS) is 10.1. The van der Waals surface area contributed by atoms with E-state index in [1.54, 1.807) is 4.90 Å². The number of aliphatic hydroxyl groups is 3. The molecule has 0 fully saturated rings. The third-order valence-corrected chi connectivity index (χ3v) is 2.68. The second kappa shape index (κ2) is 17.3. The van der Waals surface area contributed by atoms with Crippen LogP contribution in [-0.4, -0.2) is 70.0 Å². The third-order valence-electron chi connectivity index (χ3n) is 1.97. The van der Waals surface area contributed by atoms with Crippen molar-refractivity contribution in [3.8, 4) is 0 Å². The summed E-state index contributed by atoms with van der Waals surface area (Å²) in [6.07, 6.45) is 1.88. The molecule has 0 aromatic heterocycles. The van der Waals surface area contributed by atoms with E-state index in [1.165, 1.54) is 0 Å². The Labute approximate surface area is 115 Å². The van der Waals surface area contributed by atoms with Crippen LogP contribution in [-0.2, 0) is 25.3 Å².